The molecule has 0 fully saturated rings. The summed E-state index contributed by atoms with van der Waals surface area (Å²) in [6.45, 7) is 5.30. The highest BCUT2D eigenvalue weighted by atomic mass is 19.2. The minimum atomic E-state index is -0.682. The molecule has 0 aliphatic heterocycles. The molecule has 0 atom stereocenters. The zero-order chi connectivity index (χ0) is 12.8. The molecule has 0 saturated heterocycles. The third-order valence-electron chi connectivity index (χ3n) is 3.02. The zero-order valence-corrected chi connectivity index (χ0v) is 10.9. The van der Waals surface area contributed by atoms with Crippen LogP contribution in [0.1, 0.15) is 37.8 Å². The van der Waals surface area contributed by atoms with E-state index in [0.29, 0.717) is 24.1 Å². The Bertz CT molecular complexity index is 363. The van der Waals surface area contributed by atoms with Crippen molar-refractivity contribution in [1.82, 2.24) is 4.90 Å². The van der Waals surface area contributed by atoms with Crippen LogP contribution in [0.5, 0.6) is 0 Å². The van der Waals surface area contributed by atoms with Gasteiger partial charge in [-0.1, -0.05) is 32.4 Å². The van der Waals surface area contributed by atoms with Crippen molar-refractivity contribution in [2.75, 3.05) is 13.6 Å². The van der Waals surface area contributed by atoms with Crippen LogP contribution in [0.2, 0.25) is 0 Å². The van der Waals surface area contributed by atoms with Gasteiger partial charge in [-0.3, -0.25) is 0 Å². The molecular weight excluding hydrogens is 220 g/mol. The lowest BCUT2D eigenvalue weighted by Gasteiger charge is -2.15. The van der Waals surface area contributed by atoms with Crippen molar-refractivity contribution in [3.63, 3.8) is 0 Å². The lowest BCUT2D eigenvalue weighted by Crippen LogP contribution is -2.18. The van der Waals surface area contributed by atoms with Gasteiger partial charge in [-0.2, -0.15) is 0 Å². The van der Waals surface area contributed by atoms with Gasteiger partial charge in [0.25, 0.3) is 0 Å². The molecule has 96 valence electrons. The number of hydrogen-bond donors (Lipinski definition) is 0. The highest BCUT2D eigenvalue weighted by molar-refractivity contribution is 5.26. The van der Waals surface area contributed by atoms with Crippen LogP contribution in [-0.2, 0) is 13.0 Å². The molecular formula is C14H21F2N. The monoisotopic (exact) mass is 241 g/mol. The number of nitrogens with zero attached hydrogens (tertiary/aromatic N) is 1. The van der Waals surface area contributed by atoms with E-state index in [1.807, 2.05) is 25.8 Å². The van der Waals surface area contributed by atoms with E-state index in [4.69, 9.17) is 0 Å². The normalized spacial score (nSPS) is 11.2. The van der Waals surface area contributed by atoms with Gasteiger partial charge in [0.2, 0.25) is 0 Å². The highest BCUT2D eigenvalue weighted by Crippen LogP contribution is 2.19. The lowest BCUT2D eigenvalue weighted by atomic mass is 10.0. The van der Waals surface area contributed by atoms with Crippen LogP contribution in [0.4, 0.5) is 8.78 Å². The maximum atomic E-state index is 13.8. The Hall–Kier alpha value is -0.960. The van der Waals surface area contributed by atoms with Gasteiger partial charge in [-0.05, 0) is 32.0 Å². The summed E-state index contributed by atoms with van der Waals surface area (Å²) in [5.41, 5.74) is 0.930. The Morgan fingerprint density at radius 3 is 2.24 bits per heavy atom. The van der Waals surface area contributed by atoms with Gasteiger partial charge in [-0.15, -0.1) is 0 Å². The first kappa shape index (κ1) is 14.1. The molecule has 0 bridgehead atoms. The number of benzene rings is 1. The molecule has 0 amide bonds. The molecule has 1 nitrogen and oxygen atoms in total. The topological polar surface area (TPSA) is 3.24 Å². The van der Waals surface area contributed by atoms with E-state index < -0.39 is 11.6 Å². The van der Waals surface area contributed by atoms with Gasteiger partial charge in [0.05, 0.1) is 0 Å². The maximum absolute atomic E-state index is 13.8. The van der Waals surface area contributed by atoms with Crippen LogP contribution in [-0.4, -0.2) is 18.5 Å². The van der Waals surface area contributed by atoms with E-state index in [-0.39, 0.29) is 0 Å². The molecule has 0 spiro atoms. The van der Waals surface area contributed by atoms with E-state index in [1.54, 1.807) is 12.1 Å². The summed E-state index contributed by atoms with van der Waals surface area (Å²) in [5, 5.41) is 0. The molecule has 1 rings (SSSR count). The van der Waals surface area contributed by atoms with E-state index in [9.17, 15) is 8.78 Å². The largest absolute Gasteiger partial charge is 0.302 e. The van der Waals surface area contributed by atoms with Crippen molar-refractivity contribution in [1.29, 1.82) is 0 Å². The van der Waals surface area contributed by atoms with Crippen molar-refractivity contribution in [2.24, 2.45) is 0 Å². The van der Waals surface area contributed by atoms with Crippen LogP contribution in [0.15, 0.2) is 12.1 Å². The van der Waals surface area contributed by atoms with Crippen molar-refractivity contribution < 1.29 is 8.78 Å². The van der Waals surface area contributed by atoms with Gasteiger partial charge in [-0.25, -0.2) is 8.78 Å². The van der Waals surface area contributed by atoms with Crippen molar-refractivity contribution in [2.45, 2.75) is 39.7 Å². The SMILES string of the molecule is CCCCc1ccc(CN(C)CC)c(F)c1F. The average molecular weight is 241 g/mol. The third-order valence-corrected chi connectivity index (χ3v) is 3.02. The Kier molecular flexibility index (Phi) is 5.56. The first-order chi connectivity index (χ1) is 8.10. The summed E-state index contributed by atoms with van der Waals surface area (Å²) in [4.78, 5) is 1.95. The summed E-state index contributed by atoms with van der Waals surface area (Å²) in [7, 11) is 1.89. The average Bonchev–Trinajstić information content (AvgIpc) is 2.34. The molecule has 0 unspecified atom stereocenters. The maximum Gasteiger partial charge on any atom is 0.163 e. The molecule has 1 aromatic rings. The minimum Gasteiger partial charge on any atom is -0.302 e. The number of halogens is 2. The molecule has 0 saturated carbocycles. The van der Waals surface area contributed by atoms with E-state index in [1.165, 1.54) is 0 Å². The number of aryl methyl sites for hydroxylation is 1. The summed E-state index contributed by atoms with van der Waals surface area (Å²) < 4.78 is 27.5. The standard InChI is InChI=1S/C14H21F2N/c1-4-6-7-11-8-9-12(10-17(3)5-2)14(16)13(11)15/h8-9H,4-7,10H2,1-3H3. The molecule has 0 N–H and O–H groups in total. The van der Waals surface area contributed by atoms with Crippen LogP contribution >= 0.6 is 0 Å². The third kappa shape index (κ3) is 3.77. The first-order valence-corrected chi connectivity index (χ1v) is 6.24. The van der Waals surface area contributed by atoms with E-state index in [2.05, 4.69) is 0 Å². The summed E-state index contributed by atoms with van der Waals surface area (Å²) >= 11 is 0. The second-order valence-corrected chi connectivity index (χ2v) is 4.45. The van der Waals surface area contributed by atoms with Crippen molar-refractivity contribution in [3.8, 4) is 0 Å². The number of rotatable bonds is 6. The minimum absolute atomic E-state index is 0.437. The Balaban J connectivity index is 2.86. The van der Waals surface area contributed by atoms with Crippen molar-refractivity contribution in [3.05, 3.63) is 34.9 Å². The molecule has 0 aliphatic rings. The molecule has 0 heterocycles. The van der Waals surface area contributed by atoms with Gasteiger partial charge < -0.3 is 4.90 Å². The van der Waals surface area contributed by atoms with Crippen LogP contribution in [0, 0.1) is 11.6 Å². The molecule has 0 aliphatic carbocycles. The van der Waals surface area contributed by atoms with Crippen LogP contribution in [0.25, 0.3) is 0 Å². The number of hydrogen-bond acceptors (Lipinski definition) is 1. The summed E-state index contributed by atoms with van der Waals surface area (Å²) in [5.74, 6) is -1.35. The molecule has 17 heavy (non-hydrogen) atoms. The van der Waals surface area contributed by atoms with E-state index in [0.717, 1.165) is 19.4 Å². The fourth-order valence-electron chi connectivity index (χ4n) is 1.71. The zero-order valence-electron chi connectivity index (χ0n) is 10.9. The highest BCUT2D eigenvalue weighted by Gasteiger charge is 2.13. The summed E-state index contributed by atoms with van der Waals surface area (Å²) in [6, 6.07) is 3.42. The van der Waals surface area contributed by atoms with Crippen LogP contribution < -0.4 is 0 Å². The molecule has 3 heteroatoms. The van der Waals surface area contributed by atoms with E-state index >= 15 is 0 Å². The number of unbranched alkanes of at least 4 members (excludes halogenated alkanes) is 1. The molecule has 0 radical (unpaired) electrons. The Morgan fingerprint density at radius 2 is 1.65 bits per heavy atom. The Labute approximate surface area is 102 Å². The fraction of sp³-hybridized carbons (Fsp3) is 0.571. The van der Waals surface area contributed by atoms with Gasteiger partial charge in [0.1, 0.15) is 0 Å². The predicted molar refractivity (Wildman–Crippen MR) is 67.0 cm³/mol. The van der Waals surface area contributed by atoms with Crippen LogP contribution in [0.3, 0.4) is 0 Å². The van der Waals surface area contributed by atoms with Gasteiger partial charge in [0.15, 0.2) is 11.6 Å². The van der Waals surface area contributed by atoms with Gasteiger partial charge >= 0.3 is 0 Å². The smallest absolute Gasteiger partial charge is 0.163 e. The Morgan fingerprint density at radius 1 is 1.06 bits per heavy atom. The van der Waals surface area contributed by atoms with Crippen molar-refractivity contribution >= 4 is 0 Å². The lowest BCUT2D eigenvalue weighted by molar-refractivity contribution is 0.335. The second kappa shape index (κ2) is 6.70. The second-order valence-electron chi connectivity index (χ2n) is 4.45. The quantitative estimate of drug-likeness (QED) is 0.733. The van der Waals surface area contributed by atoms with Gasteiger partial charge in [0, 0.05) is 12.1 Å². The summed E-state index contributed by atoms with van der Waals surface area (Å²) in [6.07, 6.45) is 2.50. The first-order valence-electron chi connectivity index (χ1n) is 6.24. The molecule has 0 aromatic heterocycles. The predicted octanol–water partition coefficient (Wildman–Crippen LogP) is 3.76. The fourth-order valence-corrected chi connectivity index (χ4v) is 1.71. The molecule has 1 aromatic carbocycles.